The molecular weight excluding hydrogens is 526 g/mol. The van der Waals surface area contributed by atoms with Gasteiger partial charge in [-0.2, -0.15) is 0 Å². The molecule has 2 heterocycles. The Bertz CT molecular complexity index is 1020. The van der Waals surface area contributed by atoms with Crippen molar-refractivity contribution in [2.24, 2.45) is 29.1 Å². The Labute approximate surface area is 245 Å². The van der Waals surface area contributed by atoms with Gasteiger partial charge >= 0.3 is 5.97 Å². The number of ether oxygens (including phenoxy) is 2. The van der Waals surface area contributed by atoms with Crippen molar-refractivity contribution in [1.29, 1.82) is 0 Å². The second-order valence-electron chi connectivity index (χ2n) is 12.3. The molecule has 1 fully saturated rings. The Morgan fingerprint density at radius 2 is 1.85 bits per heavy atom. The molecule has 0 aromatic carbocycles. The van der Waals surface area contributed by atoms with Crippen molar-refractivity contribution in [3.8, 4) is 0 Å². The van der Waals surface area contributed by atoms with Crippen molar-refractivity contribution in [2.75, 3.05) is 13.2 Å². The van der Waals surface area contributed by atoms with E-state index in [1.54, 1.807) is 11.3 Å². The summed E-state index contributed by atoms with van der Waals surface area (Å²) in [6.07, 6.45) is 7.28. The summed E-state index contributed by atoms with van der Waals surface area (Å²) in [7, 11) is 0. The number of aliphatic hydroxyl groups is 1. The summed E-state index contributed by atoms with van der Waals surface area (Å²) < 4.78 is 11.4. The molecule has 5 unspecified atom stereocenters. The second-order valence-corrected chi connectivity index (χ2v) is 13.3. The van der Waals surface area contributed by atoms with E-state index in [0.29, 0.717) is 32.0 Å². The molecule has 5 atom stereocenters. The number of carboxylic acid groups (broad SMARTS) is 1. The number of aliphatic hydroxyl groups excluding tert-OH is 1. The van der Waals surface area contributed by atoms with Crippen LogP contribution in [0.4, 0.5) is 0 Å². The number of carboxylic acids is 1. The number of aromatic nitrogens is 1. The largest absolute Gasteiger partial charge is 0.481 e. The maximum atomic E-state index is 13.4. The molecule has 0 radical (unpaired) electrons. The van der Waals surface area contributed by atoms with Gasteiger partial charge in [-0.1, -0.05) is 59.6 Å². The van der Waals surface area contributed by atoms with E-state index in [-0.39, 0.29) is 36.2 Å². The molecule has 1 aliphatic rings. The van der Waals surface area contributed by atoms with Crippen molar-refractivity contribution in [3.63, 3.8) is 0 Å². The van der Waals surface area contributed by atoms with Gasteiger partial charge in [0.25, 0.3) is 0 Å². The summed E-state index contributed by atoms with van der Waals surface area (Å²) in [6.45, 7) is 17.1. The molecule has 2 rings (SSSR count). The van der Waals surface area contributed by atoms with Crippen LogP contribution < -0.4 is 0 Å². The number of nitrogens with zero attached hydrogens (tertiary/aromatic N) is 1. The van der Waals surface area contributed by atoms with Crippen LogP contribution >= 0.6 is 11.3 Å². The van der Waals surface area contributed by atoms with Gasteiger partial charge in [0.05, 0.1) is 30.0 Å². The molecule has 40 heavy (non-hydrogen) atoms. The average Bonchev–Trinajstić information content (AvgIpc) is 3.56. The fourth-order valence-corrected chi connectivity index (χ4v) is 5.83. The van der Waals surface area contributed by atoms with Gasteiger partial charge < -0.3 is 19.7 Å². The maximum Gasteiger partial charge on any atom is 0.303 e. The normalized spacial score (nSPS) is 19.3. The lowest BCUT2D eigenvalue weighted by Gasteiger charge is -2.35. The first-order valence-corrected chi connectivity index (χ1v) is 15.6. The van der Waals surface area contributed by atoms with Crippen LogP contribution in [-0.4, -0.2) is 52.6 Å². The lowest BCUT2D eigenvalue weighted by atomic mass is 9.67. The number of aryl methyl sites for hydroxylation is 1. The van der Waals surface area contributed by atoms with Crippen LogP contribution in [0.25, 0.3) is 6.08 Å². The minimum Gasteiger partial charge on any atom is -0.481 e. The van der Waals surface area contributed by atoms with Gasteiger partial charge in [-0.15, -0.1) is 11.3 Å². The Morgan fingerprint density at radius 1 is 1.20 bits per heavy atom. The van der Waals surface area contributed by atoms with Crippen LogP contribution in [0.5, 0.6) is 0 Å². The zero-order chi connectivity index (χ0) is 30.0. The average molecular weight is 578 g/mol. The molecule has 0 saturated carbocycles. The highest BCUT2D eigenvalue weighted by Crippen LogP contribution is 2.37. The van der Waals surface area contributed by atoms with Gasteiger partial charge in [-0.25, -0.2) is 4.98 Å². The molecular formula is C32H51NO6S. The zero-order valence-corrected chi connectivity index (χ0v) is 26.6. The van der Waals surface area contributed by atoms with E-state index in [9.17, 15) is 19.8 Å². The first-order valence-electron chi connectivity index (χ1n) is 14.7. The van der Waals surface area contributed by atoms with Crippen LogP contribution in [0.15, 0.2) is 22.6 Å². The van der Waals surface area contributed by atoms with E-state index >= 15 is 0 Å². The SMILES string of the molecule is C/C(=C\c1csc(C)n1)C(O)C/C=C(/CCCC(C)C(C)C(C)C(=O)C(C)(C)C(C)CC(=O)O)CC1OCCO1. The number of hydrogen-bond donors (Lipinski definition) is 2. The molecule has 226 valence electrons. The third kappa shape index (κ3) is 10.5. The molecule has 0 amide bonds. The summed E-state index contributed by atoms with van der Waals surface area (Å²) in [4.78, 5) is 29.0. The number of carbonyl (C=O) groups excluding carboxylic acids is 1. The zero-order valence-electron chi connectivity index (χ0n) is 25.7. The van der Waals surface area contributed by atoms with E-state index in [4.69, 9.17) is 9.47 Å². The number of rotatable bonds is 17. The second kappa shape index (κ2) is 15.9. The number of hydrogen-bond acceptors (Lipinski definition) is 7. The van der Waals surface area contributed by atoms with Gasteiger partial charge in [0.1, 0.15) is 5.78 Å². The number of carbonyl (C=O) groups is 2. The number of thiazole rings is 1. The molecule has 1 aromatic rings. The van der Waals surface area contributed by atoms with Crippen molar-refractivity contribution >= 4 is 29.2 Å². The lowest BCUT2D eigenvalue weighted by molar-refractivity contribution is -0.141. The van der Waals surface area contributed by atoms with Crippen molar-refractivity contribution < 1.29 is 29.3 Å². The van der Waals surface area contributed by atoms with E-state index in [2.05, 4.69) is 24.9 Å². The van der Waals surface area contributed by atoms with Gasteiger partial charge in [0.15, 0.2) is 6.29 Å². The summed E-state index contributed by atoms with van der Waals surface area (Å²) >= 11 is 1.60. The van der Waals surface area contributed by atoms with Crippen molar-refractivity contribution in [1.82, 2.24) is 4.98 Å². The van der Waals surface area contributed by atoms with Gasteiger partial charge in [0.2, 0.25) is 0 Å². The summed E-state index contributed by atoms with van der Waals surface area (Å²) in [5, 5.41) is 23.0. The molecule has 1 saturated heterocycles. The molecule has 0 bridgehead atoms. The highest BCUT2D eigenvalue weighted by molar-refractivity contribution is 7.09. The Morgan fingerprint density at radius 3 is 2.42 bits per heavy atom. The lowest BCUT2D eigenvalue weighted by Crippen LogP contribution is -2.39. The van der Waals surface area contributed by atoms with E-state index < -0.39 is 17.5 Å². The minimum atomic E-state index is -0.868. The topological polar surface area (TPSA) is 106 Å². The van der Waals surface area contributed by atoms with Gasteiger partial charge in [-0.05, 0) is 62.5 Å². The van der Waals surface area contributed by atoms with Crippen LogP contribution in [-0.2, 0) is 19.1 Å². The van der Waals surface area contributed by atoms with E-state index in [1.165, 1.54) is 5.57 Å². The van der Waals surface area contributed by atoms with E-state index in [0.717, 1.165) is 35.5 Å². The molecule has 0 spiro atoms. The third-order valence-electron chi connectivity index (χ3n) is 8.89. The molecule has 7 nitrogen and oxygen atoms in total. The monoisotopic (exact) mass is 577 g/mol. The quantitative estimate of drug-likeness (QED) is 0.191. The standard InChI is InChI=1S/C32H51NO6S/c1-20(23(4)24(5)31(37)32(7,8)22(3)17-29(35)36)10-9-11-26(18-30-38-14-15-39-30)12-13-28(34)21(2)16-27-19-40-25(6)33-27/h12,16,19-20,22-24,28,30,34H,9-11,13-15,17-18H2,1-8H3,(H,35,36)/b21-16+,26-12-. The maximum absolute atomic E-state index is 13.4. The predicted molar refractivity (Wildman–Crippen MR) is 161 cm³/mol. The van der Waals surface area contributed by atoms with Crippen LogP contribution in [0.2, 0.25) is 0 Å². The van der Waals surface area contributed by atoms with Crippen LogP contribution in [0.1, 0.15) is 97.7 Å². The third-order valence-corrected chi connectivity index (χ3v) is 9.68. The summed E-state index contributed by atoms with van der Waals surface area (Å²) in [6, 6.07) is 0. The predicted octanol–water partition coefficient (Wildman–Crippen LogP) is 7.08. The molecule has 2 N–H and O–H groups in total. The fourth-order valence-electron chi connectivity index (χ4n) is 5.26. The smallest absolute Gasteiger partial charge is 0.303 e. The summed E-state index contributed by atoms with van der Waals surface area (Å²) in [5.41, 5.74) is 2.30. The highest BCUT2D eigenvalue weighted by atomic mass is 32.1. The van der Waals surface area contributed by atoms with Gasteiger partial charge in [0, 0.05) is 29.6 Å². The molecule has 1 aliphatic heterocycles. The first-order chi connectivity index (χ1) is 18.7. The molecule has 0 aliphatic carbocycles. The number of aliphatic carboxylic acids is 1. The number of Topliss-reactive ketones (excluding diaryl/α,β-unsaturated/α-hetero) is 1. The summed E-state index contributed by atoms with van der Waals surface area (Å²) in [5.74, 6) is -0.587. The Hall–Kier alpha value is -1.87. The minimum absolute atomic E-state index is 0.00647. The first kappa shape index (κ1) is 34.3. The molecule has 8 heteroatoms. The van der Waals surface area contributed by atoms with Crippen LogP contribution in [0.3, 0.4) is 0 Å². The van der Waals surface area contributed by atoms with Crippen molar-refractivity contribution in [3.05, 3.63) is 33.3 Å². The van der Waals surface area contributed by atoms with Gasteiger partial charge in [-0.3, -0.25) is 9.59 Å². The molecule has 1 aromatic heterocycles. The highest BCUT2D eigenvalue weighted by Gasteiger charge is 2.39. The fraction of sp³-hybridized carbons (Fsp3) is 0.719. The Kier molecular flexibility index (Phi) is 13.7. The van der Waals surface area contributed by atoms with Crippen molar-refractivity contribution in [2.45, 2.75) is 106 Å². The number of ketones is 1. The van der Waals surface area contributed by atoms with Crippen LogP contribution in [0, 0.1) is 36.0 Å². The Balaban J connectivity index is 1.97. The van der Waals surface area contributed by atoms with E-state index in [1.807, 2.05) is 53.0 Å².